The Bertz CT molecular complexity index is 312. The molecule has 1 aromatic heterocycles. The minimum Gasteiger partial charge on any atom is -0.392 e. The van der Waals surface area contributed by atoms with Gasteiger partial charge in [0.25, 0.3) is 0 Å². The first-order valence-electron chi connectivity index (χ1n) is 5.43. The Morgan fingerprint density at radius 2 is 2.40 bits per heavy atom. The molecule has 1 saturated heterocycles. The van der Waals surface area contributed by atoms with Crippen molar-refractivity contribution in [2.24, 2.45) is 0 Å². The summed E-state index contributed by atoms with van der Waals surface area (Å²) >= 11 is 0. The van der Waals surface area contributed by atoms with Crippen LogP contribution in [0.15, 0.2) is 12.3 Å². The van der Waals surface area contributed by atoms with Crippen molar-refractivity contribution in [3.63, 3.8) is 0 Å². The quantitative estimate of drug-likeness (QED) is 0.729. The summed E-state index contributed by atoms with van der Waals surface area (Å²) in [6.45, 7) is 3.75. The van der Waals surface area contributed by atoms with E-state index in [2.05, 4.69) is 10.00 Å². The second kappa shape index (κ2) is 4.63. The molecule has 0 amide bonds. The number of aromatic nitrogens is 2. The number of aliphatic hydroxyl groups is 1. The van der Waals surface area contributed by atoms with Crippen molar-refractivity contribution in [2.45, 2.75) is 25.5 Å². The van der Waals surface area contributed by atoms with Gasteiger partial charge in [0.15, 0.2) is 0 Å². The molecule has 0 aromatic carbocycles. The molecule has 1 atom stereocenters. The molecule has 2 rings (SSSR count). The zero-order chi connectivity index (χ0) is 10.7. The second-order valence-corrected chi connectivity index (χ2v) is 4.10. The van der Waals surface area contributed by atoms with Gasteiger partial charge >= 0.3 is 0 Å². The third-order valence-electron chi connectivity index (χ3n) is 2.77. The summed E-state index contributed by atoms with van der Waals surface area (Å²) in [7, 11) is 0. The van der Waals surface area contributed by atoms with Crippen LogP contribution in [0, 0.1) is 0 Å². The number of likely N-dealkylation sites (tertiary alicyclic amines) is 1. The molecule has 1 aromatic rings. The van der Waals surface area contributed by atoms with Gasteiger partial charge < -0.3 is 15.7 Å². The first kappa shape index (κ1) is 10.4. The van der Waals surface area contributed by atoms with Crippen molar-refractivity contribution in [2.75, 3.05) is 25.4 Å². The topological polar surface area (TPSA) is 67.3 Å². The number of nitrogen functional groups attached to an aromatic ring is 1. The van der Waals surface area contributed by atoms with E-state index in [0.29, 0.717) is 5.82 Å². The lowest BCUT2D eigenvalue weighted by Gasteiger charge is -2.14. The van der Waals surface area contributed by atoms with E-state index in [4.69, 9.17) is 5.73 Å². The maximum atomic E-state index is 9.34. The smallest absolute Gasteiger partial charge is 0.145 e. The van der Waals surface area contributed by atoms with E-state index in [1.54, 1.807) is 6.07 Å². The van der Waals surface area contributed by atoms with E-state index < -0.39 is 0 Å². The summed E-state index contributed by atoms with van der Waals surface area (Å²) in [6, 6.07) is 1.81. The zero-order valence-electron chi connectivity index (χ0n) is 8.84. The third kappa shape index (κ3) is 2.94. The third-order valence-corrected chi connectivity index (χ3v) is 2.77. The van der Waals surface area contributed by atoms with Crippen LogP contribution < -0.4 is 5.73 Å². The Balaban J connectivity index is 1.67. The SMILES string of the molecule is Nc1ccn(CCCN2CCC(O)C2)n1. The Morgan fingerprint density at radius 1 is 1.53 bits per heavy atom. The maximum absolute atomic E-state index is 9.34. The monoisotopic (exact) mass is 210 g/mol. The van der Waals surface area contributed by atoms with Crippen molar-refractivity contribution >= 4 is 5.82 Å². The van der Waals surface area contributed by atoms with Crippen LogP contribution in [0.3, 0.4) is 0 Å². The van der Waals surface area contributed by atoms with Gasteiger partial charge in [-0.15, -0.1) is 0 Å². The number of hydrogen-bond acceptors (Lipinski definition) is 4. The van der Waals surface area contributed by atoms with Crippen LogP contribution >= 0.6 is 0 Å². The molecule has 5 nitrogen and oxygen atoms in total. The number of nitrogens with zero attached hydrogens (tertiary/aromatic N) is 3. The zero-order valence-corrected chi connectivity index (χ0v) is 8.84. The van der Waals surface area contributed by atoms with Crippen LogP contribution in [0.2, 0.25) is 0 Å². The highest BCUT2D eigenvalue weighted by Crippen LogP contribution is 2.09. The van der Waals surface area contributed by atoms with E-state index in [1.165, 1.54) is 0 Å². The lowest BCUT2D eigenvalue weighted by Crippen LogP contribution is -2.24. The van der Waals surface area contributed by atoms with Gasteiger partial charge in [-0.1, -0.05) is 0 Å². The van der Waals surface area contributed by atoms with Gasteiger partial charge in [0.2, 0.25) is 0 Å². The highest BCUT2D eigenvalue weighted by atomic mass is 16.3. The average Bonchev–Trinajstić information content (AvgIpc) is 2.76. The Kier molecular flexibility index (Phi) is 3.23. The number of anilines is 1. The molecule has 1 aliphatic heterocycles. The second-order valence-electron chi connectivity index (χ2n) is 4.10. The highest BCUT2D eigenvalue weighted by molar-refractivity contribution is 5.23. The summed E-state index contributed by atoms with van der Waals surface area (Å²) in [6.07, 6.45) is 3.74. The van der Waals surface area contributed by atoms with Crippen LogP contribution in [0.5, 0.6) is 0 Å². The molecule has 0 bridgehead atoms. The summed E-state index contributed by atoms with van der Waals surface area (Å²) in [5, 5.41) is 13.5. The largest absolute Gasteiger partial charge is 0.392 e. The maximum Gasteiger partial charge on any atom is 0.145 e. The summed E-state index contributed by atoms with van der Waals surface area (Å²) < 4.78 is 1.86. The molecule has 5 heteroatoms. The minimum absolute atomic E-state index is 0.120. The van der Waals surface area contributed by atoms with Crippen molar-refractivity contribution in [1.82, 2.24) is 14.7 Å². The fraction of sp³-hybridized carbons (Fsp3) is 0.700. The van der Waals surface area contributed by atoms with Crippen molar-refractivity contribution in [1.29, 1.82) is 0 Å². The Morgan fingerprint density at radius 3 is 3.00 bits per heavy atom. The van der Waals surface area contributed by atoms with Crippen molar-refractivity contribution in [3.8, 4) is 0 Å². The predicted octanol–water partition coefficient (Wildman–Crippen LogP) is -0.0780. The van der Waals surface area contributed by atoms with Crippen LogP contribution in [-0.4, -0.2) is 45.5 Å². The molecule has 0 saturated carbocycles. The van der Waals surface area contributed by atoms with Gasteiger partial charge in [0.05, 0.1) is 6.10 Å². The number of nitrogens with two attached hydrogens (primary N) is 1. The average molecular weight is 210 g/mol. The number of hydrogen-bond donors (Lipinski definition) is 2. The van der Waals surface area contributed by atoms with E-state index in [0.717, 1.165) is 39.0 Å². The normalized spacial score (nSPS) is 22.3. The summed E-state index contributed by atoms with van der Waals surface area (Å²) in [4.78, 5) is 2.29. The molecule has 0 aliphatic carbocycles. The van der Waals surface area contributed by atoms with Gasteiger partial charge in [-0.2, -0.15) is 5.10 Å². The van der Waals surface area contributed by atoms with E-state index in [1.807, 2.05) is 10.9 Å². The Hall–Kier alpha value is -1.07. The van der Waals surface area contributed by atoms with Gasteiger partial charge in [0.1, 0.15) is 5.82 Å². The first-order valence-corrected chi connectivity index (χ1v) is 5.43. The molecule has 15 heavy (non-hydrogen) atoms. The van der Waals surface area contributed by atoms with Gasteiger partial charge in [-0.3, -0.25) is 4.68 Å². The van der Waals surface area contributed by atoms with Crippen LogP contribution in [0.4, 0.5) is 5.82 Å². The van der Waals surface area contributed by atoms with Gasteiger partial charge in [-0.05, 0) is 18.9 Å². The molecule has 1 unspecified atom stereocenters. The van der Waals surface area contributed by atoms with E-state index >= 15 is 0 Å². The highest BCUT2D eigenvalue weighted by Gasteiger charge is 2.18. The predicted molar refractivity (Wildman–Crippen MR) is 58.3 cm³/mol. The molecule has 1 fully saturated rings. The minimum atomic E-state index is -0.120. The van der Waals surface area contributed by atoms with E-state index in [9.17, 15) is 5.11 Å². The molecule has 84 valence electrons. The molecular formula is C10H18N4O. The number of aryl methyl sites for hydroxylation is 1. The van der Waals surface area contributed by atoms with Crippen LogP contribution in [-0.2, 0) is 6.54 Å². The molecular weight excluding hydrogens is 192 g/mol. The number of aliphatic hydroxyl groups excluding tert-OH is 1. The van der Waals surface area contributed by atoms with Crippen molar-refractivity contribution < 1.29 is 5.11 Å². The molecule has 2 heterocycles. The lowest BCUT2D eigenvalue weighted by molar-refractivity contribution is 0.175. The fourth-order valence-corrected chi connectivity index (χ4v) is 1.97. The fourth-order valence-electron chi connectivity index (χ4n) is 1.97. The summed E-state index contributed by atoms with van der Waals surface area (Å²) in [5.74, 6) is 0.576. The van der Waals surface area contributed by atoms with Crippen LogP contribution in [0.1, 0.15) is 12.8 Å². The van der Waals surface area contributed by atoms with Gasteiger partial charge in [0, 0.05) is 32.4 Å². The number of β-amino-alcohol motifs (C(OH)–C–C–N with tert-alkyl or cyclic N) is 1. The number of rotatable bonds is 4. The molecule has 0 radical (unpaired) electrons. The molecule has 1 aliphatic rings. The van der Waals surface area contributed by atoms with Gasteiger partial charge in [-0.25, -0.2) is 0 Å². The standard InChI is InChI=1S/C10H18N4O/c11-10-3-7-14(12-10)5-1-4-13-6-2-9(15)8-13/h3,7,9,15H,1-2,4-6,8H2,(H2,11,12). The van der Waals surface area contributed by atoms with Crippen LogP contribution in [0.25, 0.3) is 0 Å². The Labute approximate surface area is 89.5 Å². The lowest BCUT2D eigenvalue weighted by atomic mass is 10.3. The molecule has 0 spiro atoms. The first-order chi connectivity index (χ1) is 7.24. The van der Waals surface area contributed by atoms with Crippen molar-refractivity contribution in [3.05, 3.63) is 12.3 Å². The van der Waals surface area contributed by atoms with E-state index in [-0.39, 0.29) is 6.10 Å². The molecule has 3 N–H and O–H groups in total. The summed E-state index contributed by atoms with van der Waals surface area (Å²) in [5.41, 5.74) is 5.52.